The SMILES string of the molecule is c1ccc(-c2nc(-c3ccc4c(c3)sc3ccccc34)nc(-n3c4cc5ccccc5cc4c4cc5ccccc5cc43)n2)cc1. The third kappa shape index (κ3) is 3.89. The second kappa shape index (κ2) is 9.80. The number of aromatic nitrogens is 4. The van der Waals surface area contributed by atoms with Crippen LogP contribution < -0.4 is 0 Å². The van der Waals surface area contributed by atoms with Crippen LogP contribution in [0, 0.1) is 0 Å². The number of hydrogen-bond donors (Lipinski definition) is 0. The number of rotatable bonds is 3. The van der Waals surface area contributed by atoms with Crippen molar-refractivity contribution >= 4 is 74.9 Å². The summed E-state index contributed by atoms with van der Waals surface area (Å²) in [5, 5.41) is 9.65. The standard InChI is InChI=1S/C41H24N4S/c1-2-10-25(11-3-1)39-42-40(30-18-19-32-31-16-8-9-17-37(31)46-38(32)24-30)44-41(43-39)45-35-22-28-14-6-4-12-26(28)20-33(35)34-21-27-13-5-7-15-29(27)23-36(34)45/h1-24H. The molecule has 0 amide bonds. The van der Waals surface area contributed by atoms with Crippen LogP contribution in [0.5, 0.6) is 0 Å². The van der Waals surface area contributed by atoms with Crippen molar-refractivity contribution in [2.45, 2.75) is 0 Å². The van der Waals surface area contributed by atoms with Crippen LogP contribution in [0.15, 0.2) is 146 Å². The maximum atomic E-state index is 5.24. The van der Waals surface area contributed by atoms with E-state index in [9.17, 15) is 0 Å². The zero-order valence-electron chi connectivity index (χ0n) is 24.6. The molecule has 0 radical (unpaired) electrons. The first-order valence-corrected chi connectivity index (χ1v) is 16.2. The molecule has 0 N–H and O–H groups in total. The van der Waals surface area contributed by atoms with E-state index in [4.69, 9.17) is 15.0 Å². The normalized spacial score (nSPS) is 11.9. The topological polar surface area (TPSA) is 43.6 Å². The summed E-state index contributed by atoms with van der Waals surface area (Å²) in [5.41, 5.74) is 4.06. The van der Waals surface area contributed by atoms with Crippen LogP contribution in [0.25, 0.3) is 92.2 Å². The average Bonchev–Trinajstić information content (AvgIpc) is 3.64. The molecule has 4 nitrogen and oxygen atoms in total. The van der Waals surface area contributed by atoms with E-state index in [2.05, 4.69) is 132 Å². The van der Waals surface area contributed by atoms with Crippen LogP contribution in [-0.4, -0.2) is 19.5 Å². The number of thiophene rings is 1. The molecule has 7 aromatic carbocycles. The molecule has 0 aliphatic heterocycles. The molecule has 46 heavy (non-hydrogen) atoms. The molecule has 214 valence electrons. The first-order chi connectivity index (χ1) is 22.8. The van der Waals surface area contributed by atoms with Gasteiger partial charge in [-0.2, -0.15) is 9.97 Å². The molecule has 3 aromatic heterocycles. The van der Waals surface area contributed by atoms with Gasteiger partial charge in [0, 0.05) is 42.1 Å². The maximum absolute atomic E-state index is 5.24. The Morgan fingerprint density at radius 1 is 0.391 bits per heavy atom. The van der Waals surface area contributed by atoms with Crippen LogP contribution in [0.1, 0.15) is 0 Å². The summed E-state index contributed by atoms with van der Waals surface area (Å²) in [5.74, 6) is 1.90. The van der Waals surface area contributed by atoms with E-state index in [1.54, 1.807) is 11.3 Å². The molecule has 10 rings (SSSR count). The van der Waals surface area contributed by atoms with E-state index < -0.39 is 0 Å². The van der Waals surface area contributed by atoms with Crippen LogP contribution in [0.3, 0.4) is 0 Å². The lowest BCUT2D eigenvalue weighted by molar-refractivity contribution is 0.954. The fourth-order valence-corrected chi connectivity index (χ4v) is 7.92. The molecule has 0 saturated carbocycles. The third-order valence-electron chi connectivity index (χ3n) is 8.99. The van der Waals surface area contributed by atoms with E-state index in [1.807, 2.05) is 18.2 Å². The Kier molecular flexibility index (Phi) is 5.41. The summed E-state index contributed by atoms with van der Waals surface area (Å²) in [4.78, 5) is 15.5. The van der Waals surface area contributed by atoms with Crippen LogP contribution >= 0.6 is 11.3 Å². The Morgan fingerprint density at radius 3 is 1.61 bits per heavy atom. The summed E-state index contributed by atoms with van der Waals surface area (Å²) >= 11 is 1.80. The van der Waals surface area contributed by atoms with Crippen molar-refractivity contribution < 1.29 is 0 Å². The number of hydrogen-bond acceptors (Lipinski definition) is 4. The predicted octanol–water partition coefficient (Wildman–Crippen LogP) is 11.0. The van der Waals surface area contributed by atoms with E-state index in [0.29, 0.717) is 17.6 Å². The molecule has 0 aliphatic carbocycles. The molecule has 3 heterocycles. The highest BCUT2D eigenvalue weighted by atomic mass is 32.1. The second-order valence-electron chi connectivity index (χ2n) is 11.7. The van der Waals surface area contributed by atoms with Gasteiger partial charge in [-0.25, -0.2) is 4.98 Å². The van der Waals surface area contributed by atoms with Gasteiger partial charge < -0.3 is 0 Å². The van der Waals surface area contributed by atoms with Gasteiger partial charge in [-0.1, -0.05) is 109 Å². The molecule has 0 fully saturated rings. The van der Waals surface area contributed by atoms with Crippen molar-refractivity contribution in [1.82, 2.24) is 19.5 Å². The minimum absolute atomic E-state index is 0.603. The fraction of sp³-hybridized carbons (Fsp3) is 0. The smallest absolute Gasteiger partial charge is 0.238 e. The van der Waals surface area contributed by atoms with Crippen LogP contribution in [-0.2, 0) is 0 Å². The summed E-state index contributed by atoms with van der Waals surface area (Å²) < 4.78 is 4.72. The Bertz CT molecular complexity index is 2720. The number of benzene rings is 7. The van der Waals surface area contributed by atoms with E-state index in [-0.39, 0.29) is 0 Å². The minimum atomic E-state index is 0.603. The molecule has 0 saturated heterocycles. The first-order valence-electron chi connectivity index (χ1n) is 15.4. The lowest BCUT2D eigenvalue weighted by Crippen LogP contribution is -2.06. The van der Waals surface area contributed by atoms with Gasteiger partial charge in [-0.05, 0) is 57.9 Å². The molecule has 0 bridgehead atoms. The highest BCUT2D eigenvalue weighted by Crippen LogP contribution is 2.38. The van der Waals surface area contributed by atoms with Gasteiger partial charge in [0.1, 0.15) is 0 Å². The van der Waals surface area contributed by atoms with E-state index in [0.717, 1.165) is 22.2 Å². The number of nitrogens with zero attached hydrogens (tertiary/aromatic N) is 4. The lowest BCUT2D eigenvalue weighted by atomic mass is 10.0. The predicted molar refractivity (Wildman–Crippen MR) is 193 cm³/mol. The third-order valence-corrected chi connectivity index (χ3v) is 10.1. The largest absolute Gasteiger partial charge is 0.278 e. The van der Waals surface area contributed by atoms with E-state index in [1.165, 1.54) is 52.5 Å². The molecule has 0 unspecified atom stereocenters. The van der Waals surface area contributed by atoms with Gasteiger partial charge in [0.05, 0.1) is 11.0 Å². The second-order valence-corrected chi connectivity index (χ2v) is 12.8. The van der Waals surface area contributed by atoms with Gasteiger partial charge in [0.25, 0.3) is 0 Å². The quantitative estimate of drug-likeness (QED) is 0.201. The fourth-order valence-electron chi connectivity index (χ4n) is 6.78. The van der Waals surface area contributed by atoms with E-state index >= 15 is 0 Å². The molecule has 5 heteroatoms. The lowest BCUT2D eigenvalue weighted by Gasteiger charge is -2.11. The Labute approximate surface area is 267 Å². The summed E-state index contributed by atoms with van der Waals surface area (Å²) in [6.07, 6.45) is 0. The summed E-state index contributed by atoms with van der Waals surface area (Å²) in [6, 6.07) is 51.5. The van der Waals surface area contributed by atoms with Crippen molar-refractivity contribution in [2.75, 3.05) is 0 Å². The minimum Gasteiger partial charge on any atom is -0.278 e. The molecule has 0 aliphatic rings. The molecule has 0 spiro atoms. The highest BCUT2D eigenvalue weighted by molar-refractivity contribution is 7.25. The van der Waals surface area contributed by atoms with Crippen LogP contribution in [0.2, 0.25) is 0 Å². The van der Waals surface area contributed by atoms with Gasteiger partial charge in [0.2, 0.25) is 5.95 Å². The number of fused-ring (bicyclic) bond motifs is 8. The van der Waals surface area contributed by atoms with Gasteiger partial charge in [-0.15, -0.1) is 11.3 Å². The van der Waals surface area contributed by atoms with Gasteiger partial charge in [0.15, 0.2) is 11.6 Å². The van der Waals surface area contributed by atoms with Crippen LogP contribution in [0.4, 0.5) is 0 Å². The van der Waals surface area contributed by atoms with Gasteiger partial charge in [-0.3, -0.25) is 4.57 Å². The molecule has 0 atom stereocenters. The van der Waals surface area contributed by atoms with Crippen molar-refractivity contribution in [1.29, 1.82) is 0 Å². The van der Waals surface area contributed by atoms with Crippen molar-refractivity contribution in [2.24, 2.45) is 0 Å². The first kappa shape index (κ1) is 25.4. The molecular weight excluding hydrogens is 581 g/mol. The van der Waals surface area contributed by atoms with Gasteiger partial charge >= 0.3 is 0 Å². The monoisotopic (exact) mass is 604 g/mol. The zero-order chi connectivity index (χ0) is 30.2. The Balaban J connectivity index is 1.30. The summed E-state index contributed by atoms with van der Waals surface area (Å²) in [7, 11) is 0. The van der Waals surface area contributed by atoms with Crippen molar-refractivity contribution in [3.05, 3.63) is 146 Å². The van der Waals surface area contributed by atoms with Crippen molar-refractivity contribution in [3.63, 3.8) is 0 Å². The highest BCUT2D eigenvalue weighted by Gasteiger charge is 2.19. The molecule has 10 aromatic rings. The van der Waals surface area contributed by atoms with Crippen molar-refractivity contribution in [3.8, 4) is 28.7 Å². The summed E-state index contributed by atoms with van der Waals surface area (Å²) in [6.45, 7) is 0. The maximum Gasteiger partial charge on any atom is 0.238 e. The molecular formula is C41H24N4S. The Hall–Kier alpha value is -5.91. The Morgan fingerprint density at radius 2 is 0.935 bits per heavy atom. The average molecular weight is 605 g/mol. The zero-order valence-corrected chi connectivity index (χ0v) is 25.4.